The minimum atomic E-state index is -1.08. The van der Waals surface area contributed by atoms with E-state index in [1.165, 1.54) is 12.1 Å². The molecule has 2 aliphatic rings. The molecule has 10 heteroatoms. The summed E-state index contributed by atoms with van der Waals surface area (Å²) in [5.74, 6) is -1.55. The number of ether oxygens (including phenoxy) is 1. The minimum Gasteiger partial charge on any atom is -0.478 e. The van der Waals surface area contributed by atoms with Gasteiger partial charge < -0.3 is 30.3 Å². The molecular weight excluding hydrogens is 548 g/mol. The summed E-state index contributed by atoms with van der Waals surface area (Å²) < 4.78 is 5.49. The molecule has 3 N–H and O–H groups in total. The van der Waals surface area contributed by atoms with Crippen LogP contribution in [0.1, 0.15) is 59.0 Å². The van der Waals surface area contributed by atoms with Crippen LogP contribution in [0, 0.1) is 0 Å². The minimum absolute atomic E-state index is 0.0803. The Morgan fingerprint density at radius 2 is 1.49 bits per heavy atom. The van der Waals surface area contributed by atoms with Crippen LogP contribution in [0.3, 0.4) is 0 Å². The first-order valence-corrected chi connectivity index (χ1v) is 14.1. The number of aromatic carboxylic acids is 1. The Kier molecular flexibility index (Phi) is 8.20. The number of fused-ring (bicyclic) bond motifs is 1. The normalized spacial score (nSPS) is 16.1. The predicted molar refractivity (Wildman–Crippen MR) is 164 cm³/mol. The number of carbonyl (C=O) groups is 4. The summed E-state index contributed by atoms with van der Waals surface area (Å²) in [5.41, 5.74) is 3.40. The molecule has 2 heterocycles. The largest absolute Gasteiger partial charge is 0.478 e. The molecule has 0 spiro atoms. The van der Waals surface area contributed by atoms with Crippen LogP contribution in [0.25, 0.3) is 11.3 Å². The van der Waals surface area contributed by atoms with Crippen LogP contribution in [-0.4, -0.2) is 70.6 Å². The molecule has 43 heavy (non-hydrogen) atoms. The smallest absolute Gasteiger partial charge is 0.410 e. The molecule has 222 valence electrons. The highest BCUT2D eigenvalue weighted by atomic mass is 16.6. The average molecular weight is 583 g/mol. The second-order valence-electron chi connectivity index (χ2n) is 11.5. The van der Waals surface area contributed by atoms with Gasteiger partial charge in [-0.3, -0.25) is 9.59 Å². The van der Waals surface area contributed by atoms with E-state index < -0.39 is 11.6 Å². The molecule has 3 aromatic rings. The maximum Gasteiger partial charge on any atom is 0.410 e. The van der Waals surface area contributed by atoms with Gasteiger partial charge in [0.15, 0.2) is 0 Å². The number of carboxylic acid groups (broad SMARTS) is 1. The van der Waals surface area contributed by atoms with E-state index in [9.17, 15) is 24.3 Å². The van der Waals surface area contributed by atoms with Crippen LogP contribution in [0.2, 0.25) is 0 Å². The second-order valence-corrected chi connectivity index (χ2v) is 11.5. The van der Waals surface area contributed by atoms with Gasteiger partial charge in [-0.15, -0.1) is 0 Å². The van der Waals surface area contributed by atoms with Crippen LogP contribution in [-0.2, 0) is 9.53 Å². The number of anilines is 2. The van der Waals surface area contributed by atoms with Crippen LogP contribution < -0.4 is 10.6 Å². The Labute approximate surface area is 249 Å². The molecule has 3 amide bonds. The predicted octanol–water partition coefficient (Wildman–Crippen LogP) is 5.40. The monoisotopic (exact) mass is 582 g/mol. The quantitative estimate of drug-likeness (QED) is 0.344. The summed E-state index contributed by atoms with van der Waals surface area (Å²) in [5, 5.41) is 15.5. The zero-order chi connectivity index (χ0) is 30.7. The molecule has 0 saturated carbocycles. The summed E-state index contributed by atoms with van der Waals surface area (Å²) in [7, 11) is 0. The fourth-order valence-corrected chi connectivity index (χ4v) is 5.09. The van der Waals surface area contributed by atoms with Crippen molar-refractivity contribution in [2.45, 2.75) is 32.8 Å². The Balaban J connectivity index is 1.36. The molecule has 5 rings (SSSR count). The van der Waals surface area contributed by atoms with E-state index in [0.717, 1.165) is 5.56 Å². The lowest BCUT2D eigenvalue weighted by atomic mass is 9.99. The maximum atomic E-state index is 13.3. The Bertz CT molecular complexity index is 1590. The number of carboxylic acids is 1. The van der Waals surface area contributed by atoms with E-state index in [0.29, 0.717) is 66.4 Å². The summed E-state index contributed by atoms with van der Waals surface area (Å²) >= 11 is 0. The summed E-state index contributed by atoms with van der Waals surface area (Å²) in [6, 6.07) is 20.9. The van der Waals surface area contributed by atoms with Crippen molar-refractivity contribution >= 4 is 46.5 Å². The fourth-order valence-electron chi connectivity index (χ4n) is 5.09. The number of carbonyl (C=O) groups excluding carboxylic acids is 3. The van der Waals surface area contributed by atoms with Gasteiger partial charge >= 0.3 is 12.1 Å². The second kappa shape index (κ2) is 12.0. The van der Waals surface area contributed by atoms with Crippen molar-refractivity contribution in [1.82, 2.24) is 9.80 Å². The number of nitrogens with zero attached hydrogens (tertiary/aromatic N) is 2. The zero-order valence-corrected chi connectivity index (χ0v) is 24.3. The van der Waals surface area contributed by atoms with E-state index >= 15 is 0 Å². The van der Waals surface area contributed by atoms with Gasteiger partial charge in [0, 0.05) is 43.0 Å². The number of nitrogens with one attached hydrogen (secondary N) is 2. The summed E-state index contributed by atoms with van der Waals surface area (Å²) in [4.78, 5) is 53.9. The summed E-state index contributed by atoms with van der Waals surface area (Å²) in [6.07, 6.45) is 0.275. The molecule has 0 radical (unpaired) electrons. The van der Waals surface area contributed by atoms with Crippen molar-refractivity contribution in [2.24, 2.45) is 0 Å². The molecular formula is C33H34N4O6. The van der Waals surface area contributed by atoms with Gasteiger partial charge in [-0.05, 0) is 69.2 Å². The number of benzene rings is 3. The highest BCUT2D eigenvalue weighted by molar-refractivity contribution is 6.37. The third-order valence-electron chi connectivity index (χ3n) is 7.16. The van der Waals surface area contributed by atoms with E-state index in [2.05, 4.69) is 10.6 Å². The molecule has 2 aliphatic heterocycles. The van der Waals surface area contributed by atoms with Gasteiger partial charge in [-0.25, -0.2) is 9.59 Å². The van der Waals surface area contributed by atoms with Crippen molar-refractivity contribution in [3.05, 3.63) is 95.1 Å². The summed E-state index contributed by atoms with van der Waals surface area (Å²) in [6.45, 7) is 7.33. The van der Waals surface area contributed by atoms with Crippen molar-refractivity contribution in [3.63, 3.8) is 0 Å². The van der Waals surface area contributed by atoms with Crippen molar-refractivity contribution < 1.29 is 29.0 Å². The molecule has 3 aromatic carbocycles. The van der Waals surface area contributed by atoms with Crippen LogP contribution in [0.15, 0.2) is 72.8 Å². The first-order chi connectivity index (χ1) is 20.5. The number of amides is 3. The maximum absolute atomic E-state index is 13.3. The first-order valence-electron chi connectivity index (χ1n) is 14.1. The lowest BCUT2D eigenvalue weighted by Crippen LogP contribution is -2.40. The lowest BCUT2D eigenvalue weighted by molar-refractivity contribution is -0.110. The van der Waals surface area contributed by atoms with Crippen molar-refractivity contribution in [1.29, 1.82) is 0 Å². The van der Waals surface area contributed by atoms with Crippen LogP contribution >= 0.6 is 0 Å². The van der Waals surface area contributed by atoms with Crippen LogP contribution in [0.4, 0.5) is 16.2 Å². The highest BCUT2D eigenvalue weighted by Crippen LogP contribution is 2.38. The van der Waals surface area contributed by atoms with Gasteiger partial charge in [0.05, 0.1) is 22.5 Å². The topological polar surface area (TPSA) is 128 Å². The van der Waals surface area contributed by atoms with Gasteiger partial charge in [-0.1, -0.05) is 36.4 Å². The molecule has 1 fully saturated rings. The van der Waals surface area contributed by atoms with E-state index in [-0.39, 0.29) is 23.5 Å². The van der Waals surface area contributed by atoms with Gasteiger partial charge in [0.25, 0.3) is 11.8 Å². The highest BCUT2D eigenvalue weighted by Gasteiger charge is 2.30. The number of hydrogen-bond acceptors (Lipinski definition) is 6. The Morgan fingerprint density at radius 1 is 0.837 bits per heavy atom. The van der Waals surface area contributed by atoms with E-state index in [1.54, 1.807) is 40.1 Å². The Hall–Kier alpha value is -5.12. The van der Waals surface area contributed by atoms with E-state index in [1.807, 2.05) is 51.1 Å². The Morgan fingerprint density at radius 3 is 2.16 bits per heavy atom. The van der Waals surface area contributed by atoms with Gasteiger partial charge in [0.1, 0.15) is 5.60 Å². The molecule has 0 aromatic heterocycles. The molecule has 0 aliphatic carbocycles. The molecule has 0 atom stereocenters. The number of rotatable bonds is 5. The van der Waals surface area contributed by atoms with Crippen LogP contribution in [0.5, 0.6) is 0 Å². The molecule has 1 saturated heterocycles. The van der Waals surface area contributed by atoms with Gasteiger partial charge in [-0.2, -0.15) is 0 Å². The molecule has 0 bridgehead atoms. The van der Waals surface area contributed by atoms with Gasteiger partial charge in [0.2, 0.25) is 0 Å². The molecule has 0 unspecified atom stereocenters. The lowest BCUT2D eigenvalue weighted by Gasteiger charge is -2.26. The SMILES string of the molecule is CC(C)(C)OC(=O)N1CCCN(C(=O)c2ccc(N/C(=C3\C(=O)Nc4cc(C(=O)O)ccc43)c3ccccc3)cc2)CC1. The average Bonchev–Trinajstić information content (AvgIpc) is 3.12. The third-order valence-corrected chi connectivity index (χ3v) is 7.16. The first kappa shape index (κ1) is 29.4. The number of hydrogen-bond donors (Lipinski definition) is 3. The standard InChI is InChI=1S/C33H34N4O6/c1-33(2,3)43-32(42)37-17-7-16-36(18-19-37)30(39)22-10-13-24(14-11-22)34-28(21-8-5-4-6-9-21)27-25-15-12-23(31(40)41)20-26(25)35-29(27)38/h4-6,8-15,20,34H,7,16-19H2,1-3H3,(H,35,38)(H,40,41)/b28-27-. The van der Waals surface area contributed by atoms with Crippen molar-refractivity contribution in [3.8, 4) is 0 Å². The zero-order valence-electron chi connectivity index (χ0n) is 24.3. The third kappa shape index (κ3) is 6.69. The van der Waals surface area contributed by atoms with E-state index in [4.69, 9.17) is 4.74 Å². The molecule has 10 nitrogen and oxygen atoms in total. The fraction of sp³-hybridized carbons (Fsp3) is 0.273. The van der Waals surface area contributed by atoms with Crippen molar-refractivity contribution in [2.75, 3.05) is 36.8 Å².